The summed E-state index contributed by atoms with van der Waals surface area (Å²) in [6, 6.07) is 32.4. The van der Waals surface area contributed by atoms with E-state index in [1.807, 2.05) is 12.1 Å². The molecule has 3 aliphatic carbocycles. The quantitative estimate of drug-likeness (QED) is 0.240. The summed E-state index contributed by atoms with van der Waals surface area (Å²) in [5.41, 5.74) is 15.3. The van der Waals surface area contributed by atoms with Crippen molar-refractivity contribution < 1.29 is 4.42 Å². The summed E-state index contributed by atoms with van der Waals surface area (Å²) in [6.07, 6.45) is 9.97. The smallest absolute Gasteiger partial charge is 0.235 e. The van der Waals surface area contributed by atoms with E-state index in [4.69, 9.17) is 14.4 Å². The largest absolute Gasteiger partial charge is 0.456 e. The van der Waals surface area contributed by atoms with Crippen LogP contribution in [0.5, 0.6) is 0 Å². The third-order valence-electron chi connectivity index (χ3n) is 9.66. The van der Waals surface area contributed by atoms with Crippen molar-refractivity contribution in [3.8, 4) is 28.5 Å². The van der Waals surface area contributed by atoms with Crippen LogP contribution in [-0.4, -0.2) is 14.5 Å². The van der Waals surface area contributed by atoms with Crippen molar-refractivity contribution in [2.75, 3.05) is 0 Å². The van der Waals surface area contributed by atoms with Crippen LogP contribution in [0.3, 0.4) is 0 Å². The Labute approximate surface area is 248 Å². The fourth-order valence-electron chi connectivity index (χ4n) is 7.15. The Kier molecular flexibility index (Phi) is 4.70. The molecular formula is C39H27N3O. The SMILES string of the molecule is C1=c2oc3cc4c(cc3c2=Cc2c(c3cc5c(cc3n2-c2nc(-c3ccccc3)cc(-c3ccccc3)n2)CC5)C1)CC4. The lowest BCUT2D eigenvalue weighted by molar-refractivity contribution is 0.573. The fraction of sp³-hybridized carbons (Fsp3) is 0.128. The van der Waals surface area contributed by atoms with Gasteiger partial charge in [0.25, 0.3) is 0 Å². The van der Waals surface area contributed by atoms with E-state index in [0.717, 1.165) is 76.5 Å². The van der Waals surface area contributed by atoms with Crippen LogP contribution < -0.4 is 10.6 Å². The number of hydrogen-bond donors (Lipinski definition) is 0. The van der Waals surface area contributed by atoms with Crippen molar-refractivity contribution in [3.05, 3.63) is 135 Å². The van der Waals surface area contributed by atoms with E-state index >= 15 is 0 Å². The molecule has 3 heterocycles. The van der Waals surface area contributed by atoms with Gasteiger partial charge in [0.15, 0.2) is 0 Å². The maximum Gasteiger partial charge on any atom is 0.235 e. The predicted octanol–water partition coefficient (Wildman–Crippen LogP) is 6.86. The molecule has 0 radical (unpaired) electrons. The number of benzene rings is 4. The second-order valence-corrected chi connectivity index (χ2v) is 12.1. The Morgan fingerprint density at radius 3 is 1.88 bits per heavy atom. The second kappa shape index (κ2) is 8.65. The molecular weight excluding hydrogens is 526 g/mol. The van der Waals surface area contributed by atoms with E-state index in [1.54, 1.807) is 0 Å². The van der Waals surface area contributed by atoms with E-state index in [-0.39, 0.29) is 0 Å². The summed E-state index contributed by atoms with van der Waals surface area (Å²) in [6.45, 7) is 0. The average molecular weight is 554 g/mol. The van der Waals surface area contributed by atoms with Crippen LogP contribution in [-0.2, 0) is 32.1 Å². The Morgan fingerprint density at radius 2 is 1.23 bits per heavy atom. The van der Waals surface area contributed by atoms with E-state index in [1.165, 1.54) is 44.1 Å². The molecule has 7 aromatic rings. The van der Waals surface area contributed by atoms with Gasteiger partial charge in [-0.3, -0.25) is 4.57 Å². The first-order valence-corrected chi connectivity index (χ1v) is 15.2. The molecule has 4 nitrogen and oxygen atoms in total. The van der Waals surface area contributed by atoms with Gasteiger partial charge in [-0.1, -0.05) is 60.7 Å². The summed E-state index contributed by atoms with van der Waals surface area (Å²) < 4.78 is 8.79. The van der Waals surface area contributed by atoms with Gasteiger partial charge >= 0.3 is 0 Å². The van der Waals surface area contributed by atoms with Gasteiger partial charge in [0.2, 0.25) is 5.95 Å². The molecule has 3 aliphatic rings. The first-order chi connectivity index (χ1) is 21.3. The standard InChI is InChI=1S/C39H27N3O/c1-3-7-23(8-4-1)33-22-34(24-9-5-2-6-10-24)41-39(40-33)42-35-19-27-13-11-25(27)17-30(35)29-15-16-37-32(21-36(29)42)31-18-26-12-14-28(26)20-38(31)43-37/h1-10,16-22H,11-15H2. The highest BCUT2D eigenvalue weighted by Gasteiger charge is 2.25. The topological polar surface area (TPSA) is 43.9 Å². The molecule has 0 bridgehead atoms. The Bertz CT molecular complexity index is 2360. The van der Waals surface area contributed by atoms with Crippen LogP contribution in [0.1, 0.15) is 33.5 Å². The maximum absolute atomic E-state index is 6.48. The number of hydrogen-bond acceptors (Lipinski definition) is 3. The van der Waals surface area contributed by atoms with E-state index < -0.39 is 0 Å². The molecule has 0 N–H and O–H groups in total. The Hall–Kier alpha value is -5.22. The van der Waals surface area contributed by atoms with Crippen molar-refractivity contribution in [1.82, 2.24) is 14.5 Å². The first kappa shape index (κ1) is 23.4. The highest BCUT2D eigenvalue weighted by Crippen LogP contribution is 2.37. The van der Waals surface area contributed by atoms with Crippen molar-refractivity contribution in [1.29, 1.82) is 0 Å². The molecule has 0 aliphatic heterocycles. The van der Waals surface area contributed by atoms with Gasteiger partial charge in [-0.15, -0.1) is 0 Å². The highest BCUT2D eigenvalue weighted by atomic mass is 16.3. The predicted molar refractivity (Wildman–Crippen MR) is 172 cm³/mol. The van der Waals surface area contributed by atoms with Crippen molar-refractivity contribution >= 4 is 34.0 Å². The van der Waals surface area contributed by atoms with Crippen molar-refractivity contribution in [2.24, 2.45) is 0 Å². The number of aryl methyl sites for hydroxylation is 4. The molecule has 0 unspecified atom stereocenters. The second-order valence-electron chi connectivity index (χ2n) is 12.1. The lowest BCUT2D eigenvalue weighted by Crippen LogP contribution is -2.20. The zero-order chi connectivity index (χ0) is 28.1. The summed E-state index contributed by atoms with van der Waals surface area (Å²) in [5.74, 6) is 0.697. The van der Waals surface area contributed by atoms with Crippen LogP contribution in [0.25, 0.3) is 62.5 Å². The third kappa shape index (κ3) is 3.44. The van der Waals surface area contributed by atoms with E-state index in [2.05, 4.69) is 95.6 Å². The average Bonchev–Trinajstić information content (AvgIpc) is 3.45. The number of aromatic nitrogens is 3. The van der Waals surface area contributed by atoms with Gasteiger partial charge in [-0.05, 0) is 102 Å². The molecule has 204 valence electrons. The van der Waals surface area contributed by atoms with Gasteiger partial charge in [-0.2, -0.15) is 0 Å². The van der Waals surface area contributed by atoms with Crippen LogP contribution in [0.15, 0.2) is 95.4 Å². The number of fused-ring (bicyclic) bond motifs is 8. The number of rotatable bonds is 3. The molecule has 0 spiro atoms. The van der Waals surface area contributed by atoms with Gasteiger partial charge in [0, 0.05) is 27.1 Å². The first-order valence-electron chi connectivity index (χ1n) is 15.2. The van der Waals surface area contributed by atoms with Crippen LogP contribution in [0.2, 0.25) is 0 Å². The summed E-state index contributed by atoms with van der Waals surface area (Å²) in [4.78, 5) is 10.5. The molecule has 0 fully saturated rings. The zero-order valence-electron chi connectivity index (χ0n) is 23.6. The fourth-order valence-corrected chi connectivity index (χ4v) is 7.15. The molecule has 0 amide bonds. The summed E-state index contributed by atoms with van der Waals surface area (Å²) in [7, 11) is 0. The summed E-state index contributed by atoms with van der Waals surface area (Å²) >= 11 is 0. The van der Waals surface area contributed by atoms with E-state index in [0.29, 0.717) is 5.95 Å². The van der Waals surface area contributed by atoms with Crippen LogP contribution in [0, 0.1) is 0 Å². The number of nitrogens with zero attached hydrogens (tertiary/aromatic N) is 3. The van der Waals surface area contributed by atoms with Crippen LogP contribution >= 0.6 is 0 Å². The molecule has 0 atom stereocenters. The molecule has 10 rings (SSSR count). The molecule has 4 heteroatoms. The monoisotopic (exact) mass is 553 g/mol. The maximum atomic E-state index is 6.48. The summed E-state index contributed by atoms with van der Waals surface area (Å²) in [5, 5.41) is 3.64. The lowest BCUT2D eigenvalue weighted by atomic mass is 9.87. The highest BCUT2D eigenvalue weighted by molar-refractivity contribution is 5.94. The molecule has 3 aromatic heterocycles. The van der Waals surface area contributed by atoms with Crippen molar-refractivity contribution in [2.45, 2.75) is 32.1 Å². The van der Waals surface area contributed by atoms with Crippen LogP contribution in [0.4, 0.5) is 0 Å². The minimum Gasteiger partial charge on any atom is -0.456 e. The minimum absolute atomic E-state index is 0.697. The molecule has 4 aromatic carbocycles. The third-order valence-corrected chi connectivity index (χ3v) is 9.66. The van der Waals surface area contributed by atoms with Gasteiger partial charge in [0.1, 0.15) is 11.0 Å². The Morgan fingerprint density at radius 1 is 0.628 bits per heavy atom. The van der Waals surface area contributed by atoms with Gasteiger partial charge in [0.05, 0.1) is 22.6 Å². The van der Waals surface area contributed by atoms with Crippen molar-refractivity contribution in [3.63, 3.8) is 0 Å². The Balaban J connectivity index is 1.30. The normalized spacial score (nSPS) is 14.4. The molecule has 43 heavy (non-hydrogen) atoms. The van der Waals surface area contributed by atoms with Gasteiger partial charge in [-0.25, -0.2) is 9.97 Å². The van der Waals surface area contributed by atoms with E-state index in [9.17, 15) is 0 Å². The molecule has 0 saturated heterocycles. The molecule has 0 saturated carbocycles. The zero-order valence-corrected chi connectivity index (χ0v) is 23.6. The lowest BCUT2D eigenvalue weighted by Gasteiger charge is -2.19. The minimum atomic E-state index is 0.697. The number of furan rings is 1. The van der Waals surface area contributed by atoms with Gasteiger partial charge < -0.3 is 4.42 Å².